The Kier molecular flexibility index (Phi) is 7.71. The van der Waals surface area contributed by atoms with Crippen molar-refractivity contribution in [1.29, 1.82) is 0 Å². The van der Waals surface area contributed by atoms with E-state index < -0.39 is 36.6 Å². The lowest BCUT2D eigenvalue weighted by Gasteiger charge is -2.40. The van der Waals surface area contributed by atoms with Crippen molar-refractivity contribution in [2.75, 3.05) is 6.61 Å². The van der Waals surface area contributed by atoms with Crippen LogP contribution in [0.2, 0.25) is 0 Å². The van der Waals surface area contributed by atoms with E-state index in [0.717, 1.165) is 16.7 Å². The molecule has 0 amide bonds. The molecule has 0 aliphatic carbocycles. The molecule has 0 saturated carbocycles. The van der Waals surface area contributed by atoms with Crippen LogP contribution in [-0.4, -0.2) is 67.3 Å². The Hall–Kier alpha value is -1.80. The molecule has 0 saturated heterocycles. The average molecular weight is 390 g/mol. The Balaban J connectivity index is 2.30. The smallest absolute Gasteiger partial charge is 0.125 e. The van der Waals surface area contributed by atoms with Gasteiger partial charge in [-0.15, -0.1) is 0 Å². The Morgan fingerprint density at radius 1 is 0.786 bits per heavy atom. The predicted molar refractivity (Wildman–Crippen MR) is 106 cm³/mol. The Morgan fingerprint density at radius 3 is 1.82 bits per heavy atom. The van der Waals surface area contributed by atoms with Crippen LogP contribution in [0, 0.1) is 13.8 Å². The third kappa shape index (κ3) is 5.38. The van der Waals surface area contributed by atoms with Gasteiger partial charge in [-0.05, 0) is 25.0 Å². The summed E-state index contributed by atoms with van der Waals surface area (Å²) < 4.78 is 0. The highest BCUT2D eigenvalue weighted by atomic mass is 16.4. The van der Waals surface area contributed by atoms with E-state index in [0.29, 0.717) is 5.56 Å². The fourth-order valence-corrected chi connectivity index (χ4v) is 3.49. The molecular weight excluding hydrogens is 360 g/mol. The summed E-state index contributed by atoms with van der Waals surface area (Å²) in [6, 6.07) is 14.5. The molecule has 154 valence electrons. The van der Waals surface area contributed by atoms with E-state index >= 15 is 0 Å². The monoisotopic (exact) mass is 390 g/mol. The topological polar surface area (TPSA) is 121 Å². The van der Waals surface area contributed by atoms with E-state index in [-0.39, 0.29) is 12.8 Å². The number of aliphatic hydroxyl groups excluding tert-OH is 5. The Labute approximate surface area is 165 Å². The lowest BCUT2D eigenvalue weighted by Crippen LogP contribution is -2.62. The zero-order valence-electron chi connectivity index (χ0n) is 16.2. The number of benzene rings is 2. The standard InChI is InChI=1S/C22H30O6/c1-14-5-3-7-16(9-14)11-18(24)20(26)22(28,21(27)19(25)13-23)12-17-8-4-6-15(2)10-17/h3-10,18-21,23-28H,11-13H2,1-2H3/t18?,19-,20+,21+,22+/m0/s1. The molecule has 0 radical (unpaired) electrons. The fraction of sp³-hybridized carbons (Fsp3) is 0.455. The first-order valence-corrected chi connectivity index (χ1v) is 9.34. The van der Waals surface area contributed by atoms with E-state index in [2.05, 4.69) is 0 Å². The van der Waals surface area contributed by atoms with Crippen molar-refractivity contribution >= 4 is 0 Å². The maximum absolute atomic E-state index is 11.2. The predicted octanol–water partition coefficient (Wildman–Crippen LogP) is 0.256. The number of rotatable bonds is 9. The summed E-state index contributed by atoms with van der Waals surface area (Å²) in [7, 11) is 0. The van der Waals surface area contributed by atoms with Crippen molar-refractivity contribution in [3.05, 3.63) is 70.8 Å². The van der Waals surface area contributed by atoms with Crippen LogP contribution >= 0.6 is 0 Å². The van der Waals surface area contributed by atoms with Gasteiger partial charge in [-0.1, -0.05) is 59.7 Å². The van der Waals surface area contributed by atoms with Crippen LogP contribution in [-0.2, 0) is 12.8 Å². The van der Waals surface area contributed by atoms with Crippen LogP contribution in [0.4, 0.5) is 0 Å². The van der Waals surface area contributed by atoms with Gasteiger partial charge in [0.05, 0.1) is 12.7 Å². The highest BCUT2D eigenvalue weighted by molar-refractivity contribution is 5.26. The van der Waals surface area contributed by atoms with Gasteiger partial charge in [-0.3, -0.25) is 0 Å². The molecule has 0 bridgehead atoms. The summed E-state index contributed by atoms with van der Waals surface area (Å²) in [5.74, 6) is 0. The Morgan fingerprint density at radius 2 is 1.29 bits per heavy atom. The molecule has 1 unspecified atom stereocenters. The van der Waals surface area contributed by atoms with Crippen molar-refractivity contribution in [2.24, 2.45) is 0 Å². The van der Waals surface area contributed by atoms with Gasteiger partial charge >= 0.3 is 0 Å². The summed E-state index contributed by atoms with van der Waals surface area (Å²) in [6.45, 7) is 2.98. The molecule has 0 aliphatic rings. The van der Waals surface area contributed by atoms with Gasteiger partial charge in [-0.2, -0.15) is 0 Å². The van der Waals surface area contributed by atoms with Gasteiger partial charge in [0, 0.05) is 12.8 Å². The zero-order valence-corrected chi connectivity index (χ0v) is 16.2. The summed E-state index contributed by atoms with van der Waals surface area (Å²) in [4.78, 5) is 0. The van der Waals surface area contributed by atoms with Crippen LogP contribution < -0.4 is 0 Å². The van der Waals surface area contributed by atoms with Crippen molar-refractivity contribution in [2.45, 2.75) is 56.7 Å². The van der Waals surface area contributed by atoms with E-state index in [1.165, 1.54) is 0 Å². The molecule has 0 heterocycles. The molecule has 2 aromatic carbocycles. The summed E-state index contributed by atoms with van der Waals surface area (Å²) >= 11 is 0. The molecule has 6 N–H and O–H groups in total. The van der Waals surface area contributed by atoms with E-state index in [1.54, 1.807) is 24.3 Å². The van der Waals surface area contributed by atoms with Gasteiger partial charge in [0.2, 0.25) is 0 Å². The number of hydrogen-bond acceptors (Lipinski definition) is 6. The van der Waals surface area contributed by atoms with E-state index in [1.807, 2.05) is 38.1 Å². The zero-order chi connectivity index (χ0) is 20.9. The van der Waals surface area contributed by atoms with Crippen LogP contribution in [0.25, 0.3) is 0 Å². The number of aliphatic hydroxyl groups is 6. The minimum atomic E-state index is -2.26. The molecule has 0 spiro atoms. The largest absolute Gasteiger partial charge is 0.394 e. The van der Waals surface area contributed by atoms with Gasteiger partial charge < -0.3 is 30.6 Å². The molecule has 0 aromatic heterocycles. The lowest BCUT2D eigenvalue weighted by molar-refractivity contribution is -0.203. The highest BCUT2D eigenvalue weighted by Crippen LogP contribution is 2.28. The van der Waals surface area contributed by atoms with Crippen molar-refractivity contribution in [3.63, 3.8) is 0 Å². The first-order valence-electron chi connectivity index (χ1n) is 9.34. The molecule has 0 aliphatic heterocycles. The third-order valence-electron chi connectivity index (χ3n) is 5.04. The molecule has 6 heteroatoms. The highest BCUT2D eigenvalue weighted by Gasteiger charge is 2.48. The van der Waals surface area contributed by atoms with Gasteiger partial charge in [-0.25, -0.2) is 0 Å². The second-order valence-corrected chi connectivity index (χ2v) is 7.56. The average Bonchev–Trinajstić information content (AvgIpc) is 2.66. The second kappa shape index (κ2) is 9.60. The molecule has 0 fully saturated rings. The van der Waals surface area contributed by atoms with Crippen molar-refractivity contribution < 1.29 is 30.6 Å². The first-order chi connectivity index (χ1) is 13.2. The maximum Gasteiger partial charge on any atom is 0.125 e. The molecular formula is C22H30O6. The van der Waals surface area contributed by atoms with Crippen LogP contribution in [0.3, 0.4) is 0 Å². The molecule has 5 atom stereocenters. The first kappa shape index (κ1) is 22.5. The fourth-order valence-electron chi connectivity index (χ4n) is 3.49. The van der Waals surface area contributed by atoms with Gasteiger partial charge in [0.15, 0.2) is 0 Å². The lowest BCUT2D eigenvalue weighted by atomic mass is 9.78. The van der Waals surface area contributed by atoms with E-state index in [9.17, 15) is 30.6 Å². The molecule has 2 rings (SSSR count). The third-order valence-corrected chi connectivity index (χ3v) is 5.04. The van der Waals surface area contributed by atoms with Crippen LogP contribution in [0.5, 0.6) is 0 Å². The summed E-state index contributed by atoms with van der Waals surface area (Å²) in [5.41, 5.74) is 1.03. The van der Waals surface area contributed by atoms with Crippen LogP contribution in [0.1, 0.15) is 22.3 Å². The minimum Gasteiger partial charge on any atom is -0.394 e. The summed E-state index contributed by atoms with van der Waals surface area (Å²) in [5, 5.41) is 62.1. The molecule has 2 aromatic rings. The van der Waals surface area contributed by atoms with Crippen molar-refractivity contribution in [3.8, 4) is 0 Å². The van der Waals surface area contributed by atoms with Crippen molar-refractivity contribution in [1.82, 2.24) is 0 Å². The second-order valence-electron chi connectivity index (χ2n) is 7.56. The minimum absolute atomic E-state index is 0.0565. The number of hydrogen-bond donors (Lipinski definition) is 6. The maximum atomic E-state index is 11.2. The van der Waals surface area contributed by atoms with Gasteiger partial charge in [0.25, 0.3) is 0 Å². The Bertz CT molecular complexity index is 764. The molecule has 6 nitrogen and oxygen atoms in total. The quantitative estimate of drug-likeness (QED) is 0.365. The summed E-state index contributed by atoms with van der Waals surface area (Å²) in [6.07, 6.45) is -6.84. The van der Waals surface area contributed by atoms with Gasteiger partial charge in [0.1, 0.15) is 23.9 Å². The number of aryl methyl sites for hydroxylation is 2. The van der Waals surface area contributed by atoms with E-state index in [4.69, 9.17) is 0 Å². The molecule has 28 heavy (non-hydrogen) atoms. The van der Waals surface area contributed by atoms with Crippen LogP contribution in [0.15, 0.2) is 48.5 Å². The normalized spacial score (nSPS) is 18.1. The SMILES string of the molecule is Cc1cccc(CC(O)[C@@H](O)[C@](O)(Cc2cccc(C)c2)[C@H](O)[C@@H](O)CO)c1.